The van der Waals surface area contributed by atoms with Gasteiger partial charge in [0.05, 0.1) is 0 Å². The van der Waals surface area contributed by atoms with Crippen molar-refractivity contribution in [1.82, 2.24) is 0 Å². The van der Waals surface area contributed by atoms with Crippen molar-refractivity contribution in [2.24, 2.45) is 11.8 Å². The first kappa shape index (κ1) is 18.1. The summed E-state index contributed by atoms with van der Waals surface area (Å²) in [4.78, 5) is 11.2. The lowest BCUT2D eigenvalue weighted by atomic mass is 9.75. The molecule has 2 aromatic carbocycles. The minimum Gasteiger partial charge on any atom is -0.407 e. The van der Waals surface area contributed by atoms with E-state index < -0.39 is 8.32 Å². The van der Waals surface area contributed by atoms with Gasteiger partial charge in [-0.05, 0) is 34.2 Å². The van der Waals surface area contributed by atoms with Crippen molar-refractivity contribution in [2.75, 3.05) is 6.61 Å². The van der Waals surface area contributed by atoms with Crippen LogP contribution >= 0.6 is 0 Å². The highest BCUT2D eigenvalue weighted by Crippen LogP contribution is 2.39. The molecule has 3 rings (SSSR count). The van der Waals surface area contributed by atoms with Crippen LogP contribution in [0.5, 0.6) is 0 Å². The van der Waals surface area contributed by atoms with E-state index in [-0.39, 0.29) is 11.0 Å². The minimum absolute atomic E-state index is 0.00384. The zero-order chi connectivity index (χ0) is 17.9. The summed E-state index contributed by atoms with van der Waals surface area (Å²) in [5.41, 5.74) is 0. The molecule has 132 valence electrons. The molecule has 0 amide bonds. The lowest BCUT2D eigenvalue weighted by Crippen LogP contribution is -2.67. The second kappa shape index (κ2) is 7.26. The molecule has 0 aromatic heterocycles. The van der Waals surface area contributed by atoms with E-state index in [2.05, 4.69) is 81.4 Å². The molecule has 0 bridgehead atoms. The molecule has 0 spiro atoms. The predicted octanol–water partition coefficient (Wildman–Crippen LogP) is 3.79. The molecule has 0 aliphatic heterocycles. The fourth-order valence-corrected chi connectivity index (χ4v) is 8.59. The van der Waals surface area contributed by atoms with Crippen LogP contribution in [0.4, 0.5) is 0 Å². The van der Waals surface area contributed by atoms with E-state index in [1.54, 1.807) is 0 Å². The second-order valence-corrected chi connectivity index (χ2v) is 12.4. The summed E-state index contributed by atoms with van der Waals surface area (Å²) in [6.45, 7) is 7.54. The van der Waals surface area contributed by atoms with Gasteiger partial charge in [0.1, 0.15) is 6.29 Å². The van der Waals surface area contributed by atoms with Crippen LogP contribution in [0.1, 0.15) is 33.6 Å². The van der Waals surface area contributed by atoms with Crippen molar-refractivity contribution < 1.29 is 9.22 Å². The third kappa shape index (κ3) is 3.36. The maximum absolute atomic E-state index is 11.2. The molecule has 0 saturated heterocycles. The smallest absolute Gasteiger partial charge is 0.261 e. The normalized spacial score (nSPS) is 20.8. The van der Waals surface area contributed by atoms with Gasteiger partial charge in [0, 0.05) is 12.5 Å². The van der Waals surface area contributed by atoms with Crippen LogP contribution in [0.25, 0.3) is 0 Å². The second-order valence-electron chi connectivity index (χ2n) is 8.11. The number of aldehydes is 1. The summed E-state index contributed by atoms with van der Waals surface area (Å²) in [5.74, 6) is 0.553. The van der Waals surface area contributed by atoms with Crippen molar-refractivity contribution >= 4 is 25.0 Å². The Bertz CT molecular complexity index is 651. The van der Waals surface area contributed by atoms with Crippen LogP contribution in [0.15, 0.2) is 60.7 Å². The van der Waals surface area contributed by atoms with Gasteiger partial charge in [-0.25, -0.2) is 0 Å². The van der Waals surface area contributed by atoms with Crippen LogP contribution in [0.3, 0.4) is 0 Å². The highest BCUT2D eigenvalue weighted by atomic mass is 28.4. The number of hydrogen-bond acceptors (Lipinski definition) is 2. The summed E-state index contributed by atoms with van der Waals surface area (Å²) in [7, 11) is -2.45. The van der Waals surface area contributed by atoms with Crippen molar-refractivity contribution in [1.29, 1.82) is 0 Å². The molecule has 25 heavy (non-hydrogen) atoms. The van der Waals surface area contributed by atoms with E-state index >= 15 is 0 Å². The summed E-state index contributed by atoms with van der Waals surface area (Å²) in [5, 5.41) is 2.60. The van der Waals surface area contributed by atoms with E-state index in [4.69, 9.17) is 4.43 Å². The third-order valence-electron chi connectivity index (χ3n) is 5.58. The number of hydrogen-bond donors (Lipinski definition) is 0. The molecule has 3 heteroatoms. The van der Waals surface area contributed by atoms with E-state index in [0.717, 1.165) is 19.1 Å². The molecular weight excluding hydrogens is 324 g/mol. The number of benzene rings is 2. The largest absolute Gasteiger partial charge is 0.407 e. The Kier molecular flexibility index (Phi) is 5.26. The number of carbonyl (C=O) groups excluding carboxylic acids is 1. The Hall–Kier alpha value is -1.71. The Morgan fingerprint density at radius 3 is 1.84 bits per heavy atom. The fourth-order valence-electron chi connectivity index (χ4n) is 3.97. The summed E-state index contributed by atoms with van der Waals surface area (Å²) >= 11 is 0. The van der Waals surface area contributed by atoms with Gasteiger partial charge >= 0.3 is 0 Å². The maximum Gasteiger partial charge on any atom is 0.261 e. The third-order valence-corrected chi connectivity index (χ3v) is 10.6. The molecule has 1 fully saturated rings. The van der Waals surface area contributed by atoms with E-state index in [1.165, 1.54) is 10.4 Å². The fraction of sp³-hybridized carbons (Fsp3) is 0.409. The molecular formula is C22H28O2Si. The molecule has 0 heterocycles. The molecule has 2 nitrogen and oxygen atoms in total. The predicted molar refractivity (Wildman–Crippen MR) is 106 cm³/mol. The van der Waals surface area contributed by atoms with Gasteiger partial charge in [-0.1, -0.05) is 81.4 Å². The quantitative estimate of drug-likeness (QED) is 0.584. The zero-order valence-electron chi connectivity index (χ0n) is 15.4. The van der Waals surface area contributed by atoms with Gasteiger partial charge in [-0.2, -0.15) is 0 Å². The van der Waals surface area contributed by atoms with Crippen LogP contribution < -0.4 is 10.4 Å². The topological polar surface area (TPSA) is 26.3 Å². The maximum atomic E-state index is 11.2. The number of carbonyl (C=O) groups is 1. The van der Waals surface area contributed by atoms with Gasteiger partial charge in [-0.3, -0.25) is 0 Å². The molecule has 0 N–H and O–H groups in total. The van der Waals surface area contributed by atoms with Crippen LogP contribution in [-0.2, 0) is 9.22 Å². The Labute approximate surface area is 152 Å². The first-order valence-corrected chi connectivity index (χ1v) is 11.1. The summed E-state index contributed by atoms with van der Waals surface area (Å²) < 4.78 is 6.88. The molecule has 2 aromatic rings. The molecule has 0 unspecified atom stereocenters. The summed E-state index contributed by atoms with van der Waals surface area (Å²) in [6.07, 6.45) is 3.22. The van der Waals surface area contributed by atoms with Crippen molar-refractivity contribution in [3.8, 4) is 0 Å². The van der Waals surface area contributed by atoms with Gasteiger partial charge in [-0.15, -0.1) is 0 Å². The average Bonchev–Trinajstić information content (AvgIpc) is 2.58. The van der Waals surface area contributed by atoms with Gasteiger partial charge < -0.3 is 9.22 Å². The molecule has 1 saturated carbocycles. The first-order chi connectivity index (χ1) is 12.0. The zero-order valence-corrected chi connectivity index (χ0v) is 16.4. The standard InChI is InChI=1S/C22H28O2Si/c1-22(2,3)25(20-10-6-4-7-11-20,21-12-8-5-9-13-21)24-17-19-15-14-18(19)16-23/h4-13,16,18-19H,14-15,17H2,1-3H3/t18-,19-/m0/s1. The Morgan fingerprint density at radius 1 is 0.960 bits per heavy atom. The van der Waals surface area contributed by atoms with Crippen molar-refractivity contribution in [3.05, 3.63) is 60.7 Å². The van der Waals surface area contributed by atoms with E-state index in [9.17, 15) is 4.79 Å². The van der Waals surface area contributed by atoms with Crippen molar-refractivity contribution in [2.45, 2.75) is 38.7 Å². The molecule has 1 aliphatic rings. The molecule has 1 aliphatic carbocycles. The Balaban J connectivity index is 2.04. The molecule has 0 radical (unpaired) electrons. The van der Waals surface area contributed by atoms with Gasteiger partial charge in [0.15, 0.2) is 0 Å². The first-order valence-electron chi connectivity index (χ1n) is 9.19. The molecule has 2 atom stereocenters. The van der Waals surface area contributed by atoms with E-state index in [1.807, 2.05) is 0 Å². The van der Waals surface area contributed by atoms with Crippen LogP contribution in [0.2, 0.25) is 5.04 Å². The van der Waals surface area contributed by atoms with Crippen LogP contribution in [0, 0.1) is 11.8 Å². The highest BCUT2D eigenvalue weighted by molar-refractivity contribution is 6.99. The Morgan fingerprint density at radius 2 is 1.48 bits per heavy atom. The van der Waals surface area contributed by atoms with E-state index in [0.29, 0.717) is 12.5 Å². The van der Waals surface area contributed by atoms with Crippen LogP contribution in [-0.4, -0.2) is 21.2 Å². The monoisotopic (exact) mass is 352 g/mol. The van der Waals surface area contributed by atoms with Gasteiger partial charge in [0.25, 0.3) is 8.32 Å². The minimum atomic E-state index is -2.45. The lowest BCUT2D eigenvalue weighted by molar-refractivity contribution is -0.116. The lowest BCUT2D eigenvalue weighted by Gasteiger charge is -2.45. The average molecular weight is 353 g/mol. The SMILES string of the molecule is CC(C)(C)[Si](OC[C@@H]1CC[C@H]1C=O)(c1ccccc1)c1ccccc1. The highest BCUT2D eigenvalue weighted by Gasteiger charge is 2.50. The van der Waals surface area contributed by atoms with Crippen molar-refractivity contribution in [3.63, 3.8) is 0 Å². The summed E-state index contributed by atoms with van der Waals surface area (Å²) in [6, 6.07) is 21.4. The number of rotatable bonds is 6. The van der Waals surface area contributed by atoms with Gasteiger partial charge in [0.2, 0.25) is 0 Å².